The second-order valence-corrected chi connectivity index (χ2v) is 13.3. The summed E-state index contributed by atoms with van der Waals surface area (Å²) in [5.74, 6) is 3.49. The molecule has 6 heterocycles. The number of thioether (sulfide) groups is 3. The number of benzene rings is 1. The molecule has 2 fully saturated rings. The third kappa shape index (κ3) is 6.94. The van der Waals surface area contributed by atoms with Gasteiger partial charge in [-0.3, -0.25) is 14.6 Å². The van der Waals surface area contributed by atoms with Crippen LogP contribution in [0.15, 0.2) is 69.7 Å². The number of hydrogen-bond acceptors (Lipinski definition) is 10. The molecule has 0 spiro atoms. The zero-order valence-electron chi connectivity index (χ0n) is 22.7. The molecule has 4 aliphatic rings. The maximum absolute atomic E-state index is 12.5. The summed E-state index contributed by atoms with van der Waals surface area (Å²) in [6.45, 7) is 5.16. The van der Waals surface area contributed by atoms with Crippen molar-refractivity contribution >= 4 is 91.8 Å². The van der Waals surface area contributed by atoms with Gasteiger partial charge in [0.2, 0.25) is 0 Å². The third-order valence-electron chi connectivity index (χ3n) is 6.93. The van der Waals surface area contributed by atoms with Crippen molar-refractivity contribution in [2.75, 3.05) is 61.4 Å². The number of halogens is 1. The molecule has 0 saturated carbocycles. The Hall–Kier alpha value is -3.06. The summed E-state index contributed by atoms with van der Waals surface area (Å²) in [7, 11) is 0. The van der Waals surface area contributed by atoms with Crippen LogP contribution in [0, 0.1) is 0 Å². The molecule has 0 bridgehead atoms. The van der Waals surface area contributed by atoms with Crippen molar-refractivity contribution in [3.05, 3.63) is 70.3 Å². The monoisotopic (exact) mass is 637 g/mol. The highest BCUT2D eigenvalue weighted by Crippen LogP contribution is 2.32. The Kier molecular flexibility index (Phi) is 9.33. The van der Waals surface area contributed by atoms with Crippen molar-refractivity contribution in [1.82, 2.24) is 19.8 Å². The predicted octanol–water partition coefficient (Wildman–Crippen LogP) is 4.74. The van der Waals surface area contributed by atoms with Gasteiger partial charge in [-0.1, -0.05) is 41.6 Å². The van der Waals surface area contributed by atoms with Crippen LogP contribution in [0.5, 0.6) is 0 Å². The van der Waals surface area contributed by atoms with Gasteiger partial charge in [0.1, 0.15) is 5.82 Å². The molecule has 42 heavy (non-hydrogen) atoms. The van der Waals surface area contributed by atoms with Gasteiger partial charge in [0.15, 0.2) is 10.3 Å². The van der Waals surface area contributed by atoms with E-state index in [9.17, 15) is 9.59 Å². The molecule has 3 aromatic rings. The lowest BCUT2D eigenvalue weighted by atomic mass is 10.1. The smallest absolute Gasteiger partial charge is 0.286 e. The lowest BCUT2D eigenvalue weighted by Crippen LogP contribution is -2.48. The van der Waals surface area contributed by atoms with Crippen molar-refractivity contribution in [3.63, 3.8) is 0 Å². The summed E-state index contributed by atoms with van der Waals surface area (Å²) in [5, 5.41) is 3.41. The Morgan fingerprint density at radius 1 is 0.833 bits per heavy atom. The van der Waals surface area contributed by atoms with Crippen LogP contribution >= 0.6 is 46.9 Å². The average Bonchev–Trinajstić information content (AvgIpc) is 3.63. The number of anilines is 1. The first kappa shape index (κ1) is 29.0. The normalized spacial score (nSPS) is 20.1. The van der Waals surface area contributed by atoms with Gasteiger partial charge >= 0.3 is 0 Å². The van der Waals surface area contributed by atoms with Crippen LogP contribution in [-0.2, 0) is 9.59 Å². The molecule has 0 N–H and O–H groups in total. The number of hydrogen-bond donors (Lipinski definition) is 0. The van der Waals surface area contributed by atoms with E-state index in [1.807, 2.05) is 60.3 Å². The van der Waals surface area contributed by atoms with Crippen LogP contribution in [0.1, 0.15) is 5.56 Å². The standard InChI is InChI=1S/C22H18ClN5OS.C7H10N2OS2/c23-17-5-3-7-24-20(17)27-8-10-28(11-9-27)22-26-21(29)19(30-22)13-15-12-16-4-1-2-6-18(16)25-14-15;10-6-5-12-7(8-6)9-1-3-11-4-2-9/h1-7,12-14H,8-11H2;1-5H2/b19-13-;. The number of aliphatic imine (C=N–C) groups is 2. The highest BCUT2D eigenvalue weighted by molar-refractivity contribution is 8.18. The quantitative estimate of drug-likeness (QED) is 0.367. The molecule has 13 heteroatoms. The fourth-order valence-corrected chi connectivity index (χ4v) is 7.74. The molecular formula is C29H28ClN7O2S3. The number of fused-ring (bicyclic) bond motifs is 1. The zero-order chi connectivity index (χ0) is 28.9. The average molecular weight is 638 g/mol. The number of pyridine rings is 2. The molecule has 1 aromatic carbocycles. The fourth-order valence-electron chi connectivity index (χ4n) is 4.79. The largest absolute Gasteiger partial charge is 0.352 e. The lowest BCUT2D eigenvalue weighted by molar-refractivity contribution is -0.115. The minimum absolute atomic E-state index is 0.0215. The number of piperazine rings is 1. The number of amidine groups is 2. The highest BCUT2D eigenvalue weighted by Gasteiger charge is 2.29. The van der Waals surface area contributed by atoms with E-state index in [1.165, 1.54) is 11.8 Å². The number of carbonyl (C=O) groups is 2. The minimum Gasteiger partial charge on any atom is -0.352 e. The van der Waals surface area contributed by atoms with E-state index in [-0.39, 0.29) is 11.8 Å². The SMILES string of the molecule is O=C1CSC(N2CCSCC2)=N1.O=C1N=C(N2CCN(c3ncccc3Cl)CC2)S/C1=C\c1cnc2ccccc2c1. The molecule has 4 aliphatic heterocycles. The summed E-state index contributed by atoms with van der Waals surface area (Å²) in [6.07, 6.45) is 5.41. The number of para-hydroxylation sites is 1. The Morgan fingerprint density at radius 3 is 2.36 bits per heavy atom. The summed E-state index contributed by atoms with van der Waals surface area (Å²) >= 11 is 11.2. The molecule has 0 radical (unpaired) electrons. The van der Waals surface area contributed by atoms with Crippen LogP contribution in [0.4, 0.5) is 5.82 Å². The van der Waals surface area contributed by atoms with Crippen LogP contribution in [0.25, 0.3) is 17.0 Å². The van der Waals surface area contributed by atoms with E-state index >= 15 is 0 Å². The van der Waals surface area contributed by atoms with E-state index in [1.54, 1.807) is 24.2 Å². The Balaban J connectivity index is 0.000000219. The maximum atomic E-state index is 12.5. The molecule has 2 amide bonds. The van der Waals surface area contributed by atoms with Crippen molar-refractivity contribution in [2.24, 2.45) is 9.98 Å². The van der Waals surface area contributed by atoms with Crippen molar-refractivity contribution < 1.29 is 9.59 Å². The van der Waals surface area contributed by atoms with E-state index in [0.29, 0.717) is 15.7 Å². The number of carbonyl (C=O) groups excluding carboxylic acids is 2. The number of nitrogens with zero attached hydrogens (tertiary/aromatic N) is 7. The highest BCUT2D eigenvalue weighted by atomic mass is 35.5. The molecule has 216 valence electrons. The van der Waals surface area contributed by atoms with Crippen LogP contribution in [0.3, 0.4) is 0 Å². The summed E-state index contributed by atoms with van der Waals surface area (Å²) < 4.78 is 0. The third-order valence-corrected chi connectivity index (χ3v) is 10.2. The van der Waals surface area contributed by atoms with E-state index < -0.39 is 0 Å². The van der Waals surface area contributed by atoms with Crippen LogP contribution in [-0.4, -0.2) is 98.4 Å². The maximum Gasteiger partial charge on any atom is 0.286 e. The number of rotatable bonds is 2. The van der Waals surface area contributed by atoms with Crippen LogP contribution in [0.2, 0.25) is 5.02 Å². The van der Waals surface area contributed by atoms with Gasteiger partial charge in [-0.15, -0.1) is 0 Å². The first-order chi connectivity index (χ1) is 20.5. The van der Waals surface area contributed by atoms with Gasteiger partial charge in [-0.25, -0.2) is 4.98 Å². The number of amides is 2. The topological polar surface area (TPSA) is 94.4 Å². The van der Waals surface area contributed by atoms with E-state index in [0.717, 1.165) is 83.4 Å². The lowest BCUT2D eigenvalue weighted by Gasteiger charge is -2.36. The van der Waals surface area contributed by atoms with Gasteiger partial charge in [-0.2, -0.15) is 21.7 Å². The molecule has 0 unspecified atom stereocenters. The van der Waals surface area contributed by atoms with Gasteiger partial charge in [0.05, 0.1) is 21.2 Å². The first-order valence-electron chi connectivity index (χ1n) is 13.6. The number of aromatic nitrogens is 2. The minimum atomic E-state index is -0.196. The summed E-state index contributed by atoms with van der Waals surface area (Å²) in [6, 6.07) is 13.7. The molecule has 2 aromatic heterocycles. The Morgan fingerprint density at radius 2 is 1.60 bits per heavy atom. The molecule has 0 atom stereocenters. The predicted molar refractivity (Wildman–Crippen MR) is 177 cm³/mol. The van der Waals surface area contributed by atoms with Crippen molar-refractivity contribution in [1.29, 1.82) is 0 Å². The Labute approximate surface area is 261 Å². The van der Waals surface area contributed by atoms with E-state index in [2.05, 4.69) is 34.7 Å². The second-order valence-electron chi connectivity index (χ2n) is 9.73. The molecule has 0 aliphatic carbocycles. The molecule has 9 nitrogen and oxygen atoms in total. The summed E-state index contributed by atoms with van der Waals surface area (Å²) in [5.41, 5.74) is 1.84. The molecule has 7 rings (SSSR count). The zero-order valence-corrected chi connectivity index (χ0v) is 25.9. The van der Waals surface area contributed by atoms with Crippen molar-refractivity contribution in [3.8, 4) is 0 Å². The summed E-state index contributed by atoms with van der Waals surface area (Å²) in [4.78, 5) is 47.6. The molecule has 2 saturated heterocycles. The van der Waals surface area contributed by atoms with Crippen LogP contribution < -0.4 is 4.90 Å². The van der Waals surface area contributed by atoms with Gasteiger partial charge in [0.25, 0.3) is 11.8 Å². The van der Waals surface area contributed by atoms with Gasteiger partial charge in [0, 0.05) is 68.6 Å². The van der Waals surface area contributed by atoms with Gasteiger partial charge < -0.3 is 14.7 Å². The second kappa shape index (κ2) is 13.5. The fraction of sp³-hybridized carbons (Fsp3) is 0.310. The van der Waals surface area contributed by atoms with E-state index in [4.69, 9.17) is 11.6 Å². The molecular weight excluding hydrogens is 610 g/mol. The van der Waals surface area contributed by atoms with Crippen molar-refractivity contribution in [2.45, 2.75) is 0 Å². The van der Waals surface area contributed by atoms with Gasteiger partial charge in [-0.05, 0) is 47.7 Å². The first-order valence-corrected chi connectivity index (χ1v) is 16.9. The Bertz CT molecular complexity index is 1580.